The number of halogens is 1. The molecule has 0 unspecified atom stereocenters. The molecule has 0 saturated heterocycles. The van der Waals surface area contributed by atoms with Crippen LogP contribution in [0.3, 0.4) is 0 Å². The Kier molecular flexibility index (Phi) is 4.45. The first kappa shape index (κ1) is 12.7. The van der Waals surface area contributed by atoms with Crippen molar-refractivity contribution in [2.45, 2.75) is 6.92 Å². The molecular formula is C10H11BrN2O3. The Balaban J connectivity index is 2.66. The highest BCUT2D eigenvalue weighted by molar-refractivity contribution is 9.10. The van der Waals surface area contributed by atoms with Gasteiger partial charge in [0.25, 0.3) is 5.91 Å². The summed E-state index contributed by atoms with van der Waals surface area (Å²) < 4.78 is 0.829. The summed E-state index contributed by atoms with van der Waals surface area (Å²) in [7, 11) is 0. The molecule has 86 valence electrons. The van der Waals surface area contributed by atoms with Crippen molar-refractivity contribution in [1.29, 1.82) is 0 Å². The molecule has 0 bridgehead atoms. The molecule has 0 aliphatic carbocycles. The van der Waals surface area contributed by atoms with Gasteiger partial charge >= 0.3 is 0 Å². The first-order valence-corrected chi connectivity index (χ1v) is 5.27. The molecule has 0 aromatic heterocycles. The lowest BCUT2D eigenvalue weighted by atomic mass is 10.1. The molecule has 16 heavy (non-hydrogen) atoms. The van der Waals surface area contributed by atoms with E-state index in [0.29, 0.717) is 5.56 Å². The summed E-state index contributed by atoms with van der Waals surface area (Å²) in [5, 5.41) is 0. The van der Waals surface area contributed by atoms with E-state index >= 15 is 0 Å². The number of benzene rings is 1. The fourth-order valence-corrected chi connectivity index (χ4v) is 1.45. The van der Waals surface area contributed by atoms with E-state index in [2.05, 4.69) is 26.2 Å². The summed E-state index contributed by atoms with van der Waals surface area (Å²) in [5.41, 5.74) is 8.25. The Hall–Kier alpha value is -1.40. The molecule has 0 radical (unpaired) electrons. The van der Waals surface area contributed by atoms with Gasteiger partial charge in [-0.3, -0.25) is 14.4 Å². The van der Waals surface area contributed by atoms with E-state index in [1.165, 1.54) is 0 Å². The van der Waals surface area contributed by atoms with E-state index in [1.54, 1.807) is 19.1 Å². The van der Waals surface area contributed by atoms with Gasteiger partial charge in [0.15, 0.2) is 6.61 Å². The van der Waals surface area contributed by atoms with E-state index in [0.717, 1.165) is 10.0 Å². The minimum absolute atomic E-state index is 0.348. The number of primary amides is 1. The standard InChI is InChI=1S/C10H11BrN2O3/c1-6-7(3-2-4-8(6)11)10(15)13-16-5-9(12)14/h2-4H,5H2,1H3,(H2,12,14)(H,13,15). The maximum atomic E-state index is 11.6. The number of hydrogen-bond acceptors (Lipinski definition) is 3. The topological polar surface area (TPSA) is 81.4 Å². The molecule has 1 aromatic rings. The van der Waals surface area contributed by atoms with Gasteiger partial charge in [-0.05, 0) is 24.6 Å². The van der Waals surface area contributed by atoms with Crippen LogP contribution in [0, 0.1) is 6.92 Å². The number of nitrogens with two attached hydrogens (primary N) is 1. The number of hydrogen-bond donors (Lipinski definition) is 2. The number of amides is 2. The molecule has 1 aromatic carbocycles. The van der Waals surface area contributed by atoms with E-state index < -0.39 is 11.8 Å². The molecule has 1 rings (SSSR count). The predicted molar refractivity (Wildman–Crippen MR) is 61.5 cm³/mol. The van der Waals surface area contributed by atoms with Gasteiger partial charge in [0.05, 0.1) is 0 Å². The Morgan fingerprint density at radius 3 is 2.81 bits per heavy atom. The van der Waals surface area contributed by atoms with Gasteiger partial charge in [-0.25, -0.2) is 5.48 Å². The van der Waals surface area contributed by atoms with Gasteiger partial charge in [-0.15, -0.1) is 0 Å². The maximum absolute atomic E-state index is 11.6. The largest absolute Gasteiger partial charge is 0.368 e. The van der Waals surface area contributed by atoms with Crippen LogP contribution in [0.2, 0.25) is 0 Å². The van der Waals surface area contributed by atoms with Crippen molar-refractivity contribution in [1.82, 2.24) is 5.48 Å². The quantitative estimate of drug-likeness (QED) is 0.807. The second kappa shape index (κ2) is 5.62. The van der Waals surface area contributed by atoms with Gasteiger partial charge in [-0.2, -0.15) is 0 Å². The third-order valence-electron chi connectivity index (χ3n) is 1.89. The summed E-state index contributed by atoms with van der Waals surface area (Å²) >= 11 is 3.31. The fraction of sp³-hybridized carbons (Fsp3) is 0.200. The third kappa shape index (κ3) is 3.32. The van der Waals surface area contributed by atoms with Crippen molar-refractivity contribution in [2.24, 2.45) is 5.73 Å². The van der Waals surface area contributed by atoms with Crippen LogP contribution in [0.1, 0.15) is 15.9 Å². The zero-order valence-electron chi connectivity index (χ0n) is 8.62. The number of hydroxylamine groups is 1. The second-order valence-corrected chi connectivity index (χ2v) is 3.95. The van der Waals surface area contributed by atoms with Gasteiger partial charge in [0, 0.05) is 10.0 Å². The summed E-state index contributed by atoms with van der Waals surface area (Å²) in [6.45, 7) is 1.45. The molecule has 3 N–H and O–H groups in total. The lowest BCUT2D eigenvalue weighted by Gasteiger charge is -2.07. The molecule has 2 amide bonds. The van der Waals surface area contributed by atoms with Crippen molar-refractivity contribution >= 4 is 27.7 Å². The number of carbonyl (C=O) groups is 2. The van der Waals surface area contributed by atoms with Crippen LogP contribution >= 0.6 is 15.9 Å². The van der Waals surface area contributed by atoms with Gasteiger partial charge in [0.1, 0.15) is 0 Å². The average molecular weight is 287 g/mol. The van der Waals surface area contributed by atoms with Crippen LogP contribution < -0.4 is 11.2 Å². The first-order valence-electron chi connectivity index (χ1n) is 4.48. The van der Waals surface area contributed by atoms with Crippen LogP contribution in [0.15, 0.2) is 22.7 Å². The Bertz CT molecular complexity index is 421. The lowest BCUT2D eigenvalue weighted by Crippen LogP contribution is -2.29. The zero-order valence-corrected chi connectivity index (χ0v) is 10.2. The molecule has 0 atom stereocenters. The minimum atomic E-state index is -0.647. The highest BCUT2D eigenvalue weighted by atomic mass is 79.9. The summed E-state index contributed by atoms with van der Waals surface area (Å²) in [6.07, 6.45) is 0. The normalized spacial score (nSPS) is 9.88. The van der Waals surface area contributed by atoms with Crippen LogP contribution in [0.4, 0.5) is 0 Å². The second-order valence-electron chi connectivity index (χ2n) is 3.10. The lowest BCUT2D eigenvalue weighted by molar-refractivity contribution is -0.124. The molecule has 0 heterocycles. The van der Waals surface area contributed by atoms with Crippen LogP contribution in [-0.4, -0.2) is 18.4 Å². The van der Waals surface area contributed by atoms with Gasteiger partial charge < -0.3 is 5.73 Å². The summed E-state index contributed by atoms with van der Waals surface area (Å²) in [6, 6.07) is 5.22. The van der Waals surface area contributed by atoms with Crippen LogP contribution in [0.25, 0.3) is 0 Å². The van der Waals surface area contributed by atoms with Crippen molar-refractivity contribution in [2.75, 3.05) is 6.61 Å². The minimum Gasteiger partial charge on any atom is -0.368 e. The van der Waals surface area contributed by atoms with Crippen LogP contribution in [-0.2, 0) is 9.63 Å². The number of carbonyl (C=O) groups excluding carboxylic acids is 2. The van der Waals surface area contributed by atoms with Crippen molar-refractivity contribution in [3.05, 3.63) is 33.8 Å². The van der Waals surface area contributed by atoms with E-state index in [1.807, 2.05) is 6.07 Å². The molecular weight excluding hydrogens is 276 g/mol. The predicted octanol–water partition coefficient (Wildman–Crippen LogP) is 0.904. The monoisotopic (exact) mass is 286 g/mol. The Morgan fingerprint density at radius 2 is 2.19 bits per heavy atom. The Morgan fingerprint density at radius 1 is 1.50 bits per heavy atom. The SMILES string of the molecule is Cc1c(Br)cccc1C(=O)NOCC(N)=O. The molecule has 0 aliphatic rings. The van der Waals surface area contributed by atoms with Crippen molar-refractivity contribution in [3.63, 3.8) is 0 Å². The smallest absolute Gasteiger partial charge is 0.275 e. The third-order valence-corrected chi connectivity index (χ3v) is 2.75. The molecule has 0 spiro atoms. The number of rotatable bonds is 4. The maximum Gasteiger partial charge on any atom is 0.275 e. The summed E-state index contributed by atoms with van der Waals surface area (Å²) in [4.78, 5) is 26.6. The average Bonchev–Trinajstić information content (AvgIpc) is 2.21. The van der Waals surface area contributed by atoms with Crippen molar-refractivity contribution in [3.8, 4) is 0 Å². The first-order chi connectivity index (χ1) is 7.52. The van der Waals surface area contributed by atoms with Gasteiger partial charge in [0.2, 0.25) is 5.91 Å². The zero-order chi connectivity index (χ0) is 12.1. The number of nitrogens with one attached hydrogen (secondary N) is 1. The summed E-state index contributed by atoms with van der Waals surface area (Å²) in [5.74, 6) is -1.06. The molecule has 5 nitrogen and oxygen atoms in total. The van der Waals surface area contributed by atoms with E-state index in [9.17, 15) is 9.59 Å². The van der Waals surface area contributed by atoms with Crippen LogP contribution in [0.5, 0.6) is 0 Å². The van der Waals surface area contributed by atoms with Gasteiger partial charge in [-0.1, -0.05) is 22.0 Å². The highest BCUT2D eigenvalue weighted by Gasteiger charge is 2.10. The molecule has 0 aliphatic heterocycles. The molecule has 0 saturated carbocycles. The van der Waals surface area contributed by atoms with Crippen molar-refractivity contribution < 1.29 is 14.4 Å². The molecule has 0 fully saturated rings. The Labute approximate surface area is 101 Å². The highest BCUT2D eigenvalue weighted by Crippen LogP contribution is 2.19. The van der Waals surface area contributed by atoms with E-state index in [-0.39, 0.29) is 6.61 Å². The van der Waals surface area contributed by atoms with E-state index in [4.69, 9.17) is 5.73 Å². The fourth-order valence-electron chi connectivity index (χ4n) is 1.08. The molecule has 6 heteroatoms.